The second-order valence-electron chi connectivity index (χ2n) is 15.7. The molecule has 0 aromatic carbocycles. The van der Waals surface area contributed by atoms with Crippen molar-refractivity contribution in [2.24, 2.45) is 0 Å². The van der Waals surface area contributed by atoms with Gasteiger partial charge in [0, 0.05) is 12.8 Å². The summed E-state index contributed by atoms with van der Waals surface area (Å²) in [6.45, 7) is 3.67. The lowest BCUT2D eigenvalue weighted by Gasteiger charge is -2.40. The minimum absolute atomic E-state index is 0.0868. The van der Waals surface area contributed by atoms with Crippen LogP contribution >= 0.6 is 0 Å². The third-order valence-electron chi connectivity index (χ3n) is 10.1. The van der Waals surface area contributed by atoms with E-state index < -0.39 is 71.2 Å². The highest BCUT2D eigenvalue weighted by molar-refractivity contribution is 7.85. The highest BCUT2D eigenvalue weighted by atomic mass is 32.2. The zero-order chi connectivity index (χ0) is 44.1. The van der Waals surface area contributed by atoms with Gasteiger partial charge in [0.25, 0.3) is 10.1 Å². The minimum atomic E-state index is -4.61. The van der Waals surface area contributed by atoms with Crippen LogP contribution in [0.5, 0.6) is 0 Å². The molecule has 2 unspecified atom stereocenters. The molecular weight excluding hydrogens is 789 g/mol. The average molecular weight is 869 g/mol. The van der Waals surface area contributed by atoms with Gasteiger partial charge in [-0.3, -0.25) is 14.1 Å². The van der Waals surface area contributed by atoms with Crippen LogP contribution < -0.4 is 0 Å². The number of allylic oxidation sites excluding steroid dienone is 10. The molecule has 4 N–H and O–H groups in total. The summed E-state index contributed by atoms with van der Waals surface area (Å²) in [4.78, 5) is 25.4. The molecule has 0 spiro atoms. The van der Waals surface area contributed by atoms with Crippen molar-refractivity contribution in [3.05, 3.63) is 60.8 Å². The molecule has 0 amide bonds. The largest absolute Gasteiger partial charge is 0.462 e. The maximum Gasteiger partial charge on any atom is 0.306 e. The summed E-state index contributed by atoms with van der Waals surface area (Å²) in [7, 11) is -4.61. The van der Waals surface area contributed by atoms with E-state index in [0.717, 1.165) is 57.8 Å². The van der Waals surface area contributed by atoms with E-state index in [1.54, 1.807) is 0 Å². The predicted molar refractivity (Wildman–Crippen MR) is 238 cm³/mol. The molecule has 0 aromatic heterocycles. The Labute approximate surface area is 362 Å². The van der Waals surface area contributed by atoms with Gasteiger partial charge in [-0.05, 0) is 70.6 Å². The second kappa shape index (κ2) is 37.0. The van der Waals surface area contributed by atoms with Crippen LogP contribution in [0.25, 0.3) is 0 Å². The van der Waals surface area contributed by atoms with Gasteiger partial charge in [0.2, 0.25) is 0 Å². The van der Waals surface area contributed by atoms with Gasteiger partial charge in [-0.1, -0.05) is 145 Å². The van der Waals surface area contributed by atoms with Gasteiger partial charge in [-0.15, -0.1) is 0 Å². The maximum absolute atomic E-state index is 12.8. The van der Waals surface area contributed by atoms with Crippen molar-refractivity contribution in [3.63, 3.8) is 0 Å². The van der Waals surface area contributed by atoms with Crippen LogP contribution in [0.2, 0.25) is 0 Å². The first-order valence-corrected chi connectivity index (χ1v) is 24.5. The fourth-order valence-electron chi connectivity index (χ4n) is 6.51. The first kappa shape index (κ1) is 55.4. The summed E-state index contributed by atoms with van der Waals surface area (Å²) >= 11 is 0. The monoisotopic (exact) mass is 869 g/mol. The number of aliphatic hydroxyl groups excluding tert-OH is 3. The quantitative estimate of drug-likeness (QED) is 0.0153. The Kier molecular flexibility index (Phi) is 34.1. The predicted octanol–water partition coefficient (Wildman–Crippen LogP) is 9.34. The summed E-state index contributed by atoms with van der Waals surface area (Å²) in [5.41, 5.74) is 0. The molecule has 1 rings (SSSR count). The molecule has 0 aliphatic carbocycles. The van der Waals surface area contributed by atoms with Crippen molar-refractivity contribution in [2.75, 3.05) is 19.0 Å². The standard InChI is InChI=1S/C47H80O12S/c1-3-5-7-9-11-13-15-17-19-20-22-24-26-28-30-32-34-36-43(49)58-40(38-57-47-46(52)45(51)44(50)41(59-47)39-60(53,54)55)37-56-42(48)35-33-31-29-27-25-23-21-18-16-14-12-10-8-6-4-2/h14,16-19,21-22,24,28,30,40-41,44-47,50-52H,3-13,15,20,23,25-27,29,31-39H2,1-2H3,(H,53,54,55)/b16-14+,19-17+,21-18+,24-22+,30-28+/t40-,41-,44-,45?,46?,47+/m1/s1. The van der Waals surface area contributed by atoms with Crippen molar-refractivity contribution in [3.8, 4) is 0 Å². The second-order valence-corrected chi connectivity index (χ2v) is 17.2. The minimum Gasteiger partial charge on any atom is -0.462 e. The molecule has 60 heavy (non-hydrogen) atoms. The lowest BCUT2D eigenvalue weighted by molar-refractivity contribution is -0.297. The molecule has 1 aliphatic rings. The van der Waals surface area contributed by atoms with Gasteiger partial charge in [0.1, 0.15) is 36.8 Å². The number of aliphatic hydroxyl groups is 3. The van der Waals surface area contributed by atoms with E-state index in [1.165, 1.54) is 64.2 Å². The molecule has 0 bridgehead atoms. The van der Waals surface area contributed by atoms with E-state index in [-0.39, 0.29) is 19.4 Å². The molecule has 1 aliphatic heterocycles. The smallest absolute Gasteiger partial charge is 0.306 e. The summed E-state index contributed by atoms with van der Waals surface area (Å²) in [6, 6.07) is 0. The molecular formula is C47H80O12S. The Hall–Kier alpha value is -2.65. The number of unbranched alkanes of at least 4 members (excludes halogenated alkanes) is 16. The normalized spacial score (nSPS) is 20.7. The van der Waals surface area contributed by atoms with Crippen molar-refractivity contribution < 1.29 is 56.8 Å². The van der Waals surface area contributed by atoms with Crippen LogP contribution in [-0.4, -0.2) is 96.0 Å². The third kappa shape index (κ3) is 31.2. The topological polar surface area (TPSA) is 186 Å². The third-order valence-corrected chi connectivity index (χ3v) is 10.8. The van der Waals surface area contributed by atoms with Crippen molar-refractivity contribution in [2.45, 2.75) is 205 Å². The van der Waals surface area contributed by atoms with E-state index in [4.69, 9.17) is 18.9 Å². The molecule has 6 atom stereocenters. The highest BCUT2D eigenvalue weighted by Crippen LogP contribution is 2.24. The molecule has 1 saturated heterocycles. The number of hydrogen-bond donors (Lipinski definition) is 4. The number of ether oxygens (including phenoxy) is 4. The molecule has 346 valence electrons. The van der Waals surface area contributed by atoms with E-state index in [2.05, 4.69) is 62.5 Å². The lowest BCUT2D eigenvalue weighted by atomic mass is 10.00. The number of carbonyl (C=O) groups is 2. The highest BCUT2D eigenvalue weighted by Gasteiger charge is 2.46. The summed E-state index contributed by atoms with van der Waals surface area (Å²) in [5, 5.41) is 30.9. The van der Waals surface area contributed by atoms with Crippen LogP contribution in [-0.2, 0) is 38.7 Å². The van der Waals surface area contributed by atoms with Crippen LogP contribution in [0.1, 0.15) is 168 Å². The van der Waals surface area contributed by atoms with Crippen LogP contribution in [0.3, 0.4) is 0 Å². The lowest BCUT2D eigenvalue weighted by Crippen LogP contribution is -2.60. The number of rotatable bonds is 37. The fraction of sp³-hybridized carbons (Fsp3) is 0.745. The summed E-state index contributed by atoms with van der Waals surface area (Å²) in [5.74, 6) is -2.08. The molecule has 0 aromatic rings. The van der Waals surface area contributed by atoms with Crippen LogP contribution in [0, 0.1) is 0 Å². The fourth-order valence-corrected chi connectivity index (χ4v) is 7.20. The van der Waals surface area contributed by atoms with Crippen LogP contribution in [0.15, 0.2) is 60.8 Å². The van der Waals surface area contributed by atoms with Crippen molar-refractivity contribution in [1.29, 1.82) is 0 Å². The Balaban J connectivity index is 2.51. The van der Waals surface area contributed by atoms with Crippen molar-refractivity contribution in [1.82, 2.24) is 0 Å². The Bertz CT molecular complexity index is 1340. The number of hydrogen-bond acceptors (Lipinski definition) is 11. The molecule has 0 saturated carbocycles. The first-order chi connectivity index (χ1) is 29.0. The van der Waals surface area contributed by atoms with Crippen molar-refractivity contribution >= 4 is 22.1 Å². The Morgan fingerprint density at radius 1 is 0.583 bits per heavy atom. The molecule has 0 radical (unpaired) electrons. The first-order valence-electron chi connectivity index (χ1n) is 22.9. The van der Waals surface area contributed by atoms with Gasteiger partial charge in [-0.2, -0.15) is 8.42 Å². The Morgan fingerprint density at radius 2 is 1.07 bits per heavy atom. The number of carbonyl (C=O) groups excluding carboxylic acids is 2. The van der Waals surface area contributed by atoms with Gasteiger partial charge >= 0.3 is 11.9 Å². The molecule has 13 heteroatoms. The van der Waals surface area contributed by atoms with Gasteiger partial charge in [-0.25, -0.2) is 0 Å². The Morgan fingerprint density at radius 3 is 1.65 bits per heavy atom. The SMILES string of the molecule is CCCCCC/C=C/C=C/CCCCCCCC(=O)OC[C@H](CO[C@H]1O[C@H](CS(=O)(=O)O)[C@@H](O)C(O)C1O)OC(=O)CCC/C=C/C/C=C/C/C=C/CCCCCCCC. The van der Waals surface area contributed by atoms with E-state index in [1.807, 2.05) is 12.2 Å². The summed E-state index contributed by atoms with van der Waals surface area (Å²) in [6.07, 6.45) is 35.5. The average Bonchev–Trinajstić information content (AvgIpc) is 3.21. The molecule has 1 fully saturated rings. The van der Waals surface area contributed by atoms with Gasteiger partial charge in [0.05, 0.1) is 6.61 Å². The van der Waals surface area contributed by atoms with E-state index >= 15 is 0 Å². The zero-order valence-corrected chi connectivity index (χ0v) is 37.6. The zero-order valence-electron chi connectivity index (χ0n) is 36.8. The molecule has 12 nitrogen and oxygen atoms in total. The van der Waals surface area contributed by atoms with Crippen LogP contribution in [0.4, 0.5) is 0 Å². The van der Waals surface area contributed by atoms with E-state index in [9.17, 15) is 37.9 Å². The van der Waals surface area contributed by atoms with Gasteiger partial charge in [0.15, 0.2) is 12.4 Å². The maximum atomic E-state index is 12.8. The van der Waals surface area contributed by atoms with Gasteiger partial charge < -0.3 is 34.3 Å². The molecule has 1 heterocycles. The van der Waals surface area contributed by atoms with E-state index in [0.29, 0.717) is 19.3 Å². The number of esters is 2. The summed E-state index contributed by atoms with van der Waals surface area (Å²) < 4.78 is 54.0.